The third-order valence-electron chi connectivity index (χ3n) is 2.42. The molecule has 1 heterocycles. The second-order valence-electron chi connectivity index (χ2n) is 3.80. The summed E-state index contributed by atoms with van der Waals surface area (Å²) in [5, 5.41) is 6.83. The Morgan fingerprint density at radius 2 is 2.06 bits per heavy atom. The van der Waals surface area contributed by atoms with E-state index in [0.717, 1.165) is 11.4 Å². The highest BCUT2D eigenvalue weighted by Gasteiger charge is 2.05. The second-order valence-corrected chi connectivity index (χ2v) is 3.80. The molecule has 0 spiro atoms. The summed E-state index contributed by atoms with van der Waals surface area (Å²) in [6, 6.07) is 8.88. The van der Waals surface area contributed by atoms with Gasteiger partial charge < -0.3 is 11.1 Å². The molecule has 0 atom stereocenters. The fourth-order valence-electron chi connectivity index (χ4n) is 1.47. The van der Waals surface area contributed by atoms with E-state index in [2.05, 4.69) is 10.4 Å². The largest absolute Gasteiger partial charge is 0.399 e. The maximum atomic E-state index is 11.7. The van der Waals surface area contributed by atoms with Gasteiger partial charge in [-0.1, -0.05) is 0 Å². The topological polar surface area (TPSA) is 72.9 Å². The first-order valence-electron chi connectivity index (χ1n) is 5.29. The van der Waals surface area contributed by atoms with Crippen LogP contribution in [0.5, 0.6) is 0 Å². The van der Waals surface area contributed by atoms with Gasteiger partial charge in [-0.25, -0.2) is 0 Å². The Bertz CT molecular complexity index is 516. The van der Waals surface area contributed by atoms with Gasteiger partial charge in [0.05, 0.1) is 0 Å². The lowest BCUT2D eigenvalue weighted by Gasteiger charge is -2.06. The molecule has 0 aliphatic rings. The molecule has 0 radical (unpaired) electrons. The minimum absolute atomic E-state index is 0.110. The number of aromatic nitrogens is 2. The van der Waals surface area contributed by atoms with Crippen LogP contribution in [-0.2, 0) is 11.3 Å². The maximum Gasteiger partial charge on any atom is 0.246 e. The summed E-state index contributed by atoms with van der Waals surface area (Å²) in [5.41, 5.74) is 7.92. The molecule has 5 heteroatoms. The number of nitrogens with two attached hydrogens (primary N) is 1. The van der Waals surface area contributed by atoms with Crippen LogP contribution in [-0.4, -0.2) is 15.7 Å². The van der Waals surface area contributed by atoms with Gasteiger partial charge in [-0.05, 0) is 37.3 Å². The van der Waals surface area contributed by atoms with E-state index < -0.39 is 0 Å². The van der Waals surface area contributed by atoms with Crippen molar-refractivity contribution in [3.05, 3.63) is 42.2 Å². The molecule has 0 fully saturated rings. The zero-order valence-electron chi connectivity index (χ0n) is 9.55. The molecular weight excluding hydrogens is 216 g/mol. The molecule has 0 unspecified atom stereocenters. The number of hydrogen-bond donors (Lipinski definition) is 2. The van der Waals surface area contributed by atoms with Crippen LogP contribution in [0.1, 0.15) is 5.69 Å². The first kappa shape index (κ1) is 11.2. The van der Waals surface area contributed by atoms with Gasteiger partial charge in [-0.15, -0.1) is 0 Å². The molecular formula is C12H14N4O. The van der Waals surface area contributed by atoms with Crippen molar-refractivity contribution in [2.45, 2.75) is 13.5 Å². The predicted octanol–water partition coefficient (Wildman–Crippen LogP) is 1.41. The number of anilines is 2. The summed E-state index contributed by atoms with van der Waals surface area (Å²) >= 11 is 0. The molecule has 0 aliphatic carbocycles. The molecule has 0 saturated heterocycles. The average molecular weight is 230 g/mol. The third kappa shape index (κ3) is 2.84. The number of nitrogen functional groups attached to an aromatic ring is 1. The fraction of sp³-hybridized carbons (Fsp3) is 0.167. The Labute approximate surface area is 99.2 Å². The predicted molar refractivity (Wildman–Crippen MR) is 66.4 cm³/mol. The molecule has 1 aromatic heterocycles. The van der Waals surface area contributed by atoms with E-state index in [1.165, 1.54) is 0 Å². The molecule has 2 aromatic rings. The number of amides is 1. The lowest BCUT2D eigenvalue weighted by molar-refractivity contribution is -0.116. The van der Waals surface area contributed by atoms with E-state index in [1.54, 1.807) is 35.1 Å². The van der Waals surface area contributed by atoms with Crippen molar-refractivity contribution in [1.82, 2.24) is 9.78 Å². The fourth-order valence-corrected chi connectivity index (χ4v) is 1.47. The van der Waals surface area contributed by atoms with Gasteiger partial charge in [-0.2, -0.15) is 5.10 Å². The number of rotatable bonds is 3. The highest BCUT2D eigenvalue weighted by molar-refractivity contribution is 5.90. The standard InChI is InChI=1S/C12H14N4O/c1-9-6-7-14-16(9)8-12(17)15-11-4-2-10(13)3-5-11/h2-7H,8,13H2,1H3,(H,15,17). The van der Waals surface area contributed by atoms with Gasteiger partial charge in [0.1, 0.15) is 6.54 Å². The van der Waals surface area contributed by atoms with Crippen LogP contribution in [0, 0.1) is 6.92 Å². The number of aryl methyl sites for hydroxylation is 1. The van der Waals surface area contributed by atoms with Crippen molar-refractivity contribution < 1.29 is 4.79 Å². The summed E-state index contributed by atoms with van der Waals surface area (Å²) in [4.78, 5) is 11.7. The van der Waals surface area contributed by atoms with Gasteiger partial charge in [0.25, 0.3) is 0 Å². The molecule has 2 rings (SSSR count). The van der Waals surface area contributed by atoms with Gasteiger partial charge in [0.15, 0.2) is 0 Å². The van der Waals surface area contributed by atoms with E-state index in [1.807, 2.05) is 13.0 Å². The van der Waals surface area contributed by atoms with Crippen molar-refractivity contribution in [2.75, 3.05) is 11.1 Å². The van der Waals surface area contributed by atoms with Gasteiger partial charge in [-0.3, -0.25) is 9.48 Å². The molecule has 17 heavy (non-hydrogen) atoms. The third-order valence-corrected chi connectivity index (χ3v) is 2.42. The van der Waals surface area contributed by atoms with Crippen molar-refractivity contribution >= 4 is 17.3 Å². The van der Waals surface area contributed by atoms with E-state index >= 15 is 0 Å². The molecule has 0 aliphatic heterocycles. The Morgan fingerprint density at radius 1 is 1.35 bits per heavy atom. The van der Waals surface area contributed by atoms with E-state index in [-0.39, 0.29) is 12.5 Å². The Balaban J connectivity index is 1.98. The Kier molecular flexibility index (Phi) is 3.09. The minimum atomic E-state index is -0.110. The summed E-state index contributed by atoms with van der Waals surface area (Å²) in [7, 11) is 0. The van der Waals surface area contributed by atoms with Crippen molar-refractivity contribution in [1.29, 1.82) is 0 Å². The summed E-state index contributed by atoms with van der Waals surface area (Å²) in [6.45, 7) is 2.12. The SMILES string of the molecule is Cc1ccnn1CC(=O)Nc1ccc(N)cc1. The minimum Gasteiger partial charge on any atom is -0.399 e. The second kappa shape index (κ2) is 4.69. The first-order valence-corrected chi connectivity index (χ1v) is 5.29. The number of nitrogens with one attached hydrogen (secondary N) is 1. The number of hydrogen-bond acceptors (Lipinski definition) is 3. The van der Waals surface area contributed by atoms with Crippen molar-refractivity contribution in [3.63, 3.8) is 0 Å². The summed E-state index contributed by atoms with van der Waals surface area (Å²) < 4.78 is 1.65. The van der Waals surface area contributed by atoms with Gasteiger partial charge >= 0.3 is 0 Å². The quantitative estimate of drug-likeness (QED) is 0.783. The van der Waals surface area contributed by atoms with E-state index in [4.69, 9.17) is 5.73 Å². The first-order chi connectivity index (χ1) is 8.15. The van der Waals surface area contributed by atoms with Crippen LogP contribution < -0.4 is 11.1 Å². The van der Waals surface area contributed by atoms with Crippen LogP contribution in [0.25, 0.3) is 0 Å². The highest BCUT2D eigenvalue weighted by atomic mass is 16.2. The number of nitrogens with zero attached hydrogens (tertiary/aromatic N) is 2. The Morgan fingerprint density at radius 3 is 2.65 bits per heavy atom. The molecule has 5 nitrogen and oxygen atoms in total. The molecule has 1 aromatic carbocycles. The Hall–Kier alpha value is -2.30. The monoisotopic (exact) mass is 230 g/mol. The molecule has 1 amide bonds. The molecule has 0 bridgehead atoms. The zero-order chi connectivity index (χ0) is 12.3. The maximum absolute atomic E-state index is 11.7. The zero-order valence-corrected chi connectivity index (χ0v) is 9.55. The van der Waals surface area contributed by atoms with Crippen LogP contribution in [0.3, 0.4) is 0 Å². The van der Waals surface area contributed by atoms with Crippen LogP contribution in [0.15, 0.2) is 36.5 Å². The normalized spacial score (nSPS) is 10.2. The molecule has 0 saturated carbocycles. The van der Waals surface area contributed by atoms with E-state index in [9.17, 15) is 4.79 Å². The van der Waals surface area contributed by atoms with Crippen molar-refractivity contribution in [2.24, 2.45) is 0 Å². The molecule has 88 valence electrons. The number of carbonyl (C=O) groups is 1. The van der Waals surface area contributed by atoms with Crippen LogP contribution >= 0.6 is 0 Å². The summed E-state index contributed by atoms with van der Waals surface area (Å²) in [5.74, 6) is -0.110. The number of benzene rings is 1. The van der Waals surface area contributed by atoms with Crippen LogP contribution in [0.2, 0.25) is 0 Å². The van der Waals surface area contributed by atoms with Crippen molar-refractivity contribution in [3.8, 4) is 0 Å². The molecule has 3 N–H and O–H groups in total. The smallest absolute Gasteiger partial charge is 0.246 e. The average Bonchev–Trinajstić information content (AvgIpc) is 2.68. The highest BCUT2D eigenvalue weighted by Crippen LogP contribution is 2.10. The van der Waals surface area contributed by atoms with Crippen LogP contribution in [0.4, 0.5) is 11.4 Å². The van der Waals surface area contributed by atoms with E-state index in [0.29, 0.717) is 5.69 Å². The van der Waals surface area contributed by atoms with Gasteiger partial charge in [0, 0.05) is 23.3 Å². The lowest BCUT2D eigenvalue weighted by Crippen LogP contribution is -2.20. The summed E-state index contributed by atoms with van der Waals surface area (Å²) in [6.07, 6.45) is 1.67. The number of carbonyl (C=O) groups excluding carboxylic acids is 1. The van der Waals surface area contributed by atoms with Gasteiger partial charge in [0.2, 0.25) is 5.91 Å². The lowest BCUT2D eigenvalue weighted by atomic mass is 10.3.